The molecule has 4 nitrogen and oxygen atoms in total. The lowest BCUT2D eigenvalue weighted by molar-refractivity contribution is -0.130. The van der Waals surface area contributed by atoms with Crippen LogP contribution in [0.5, 0.6) is 0 Å². The molecule has 1 heterocycles. The molecule has 0 bridgehead atoms. The zero-order valence-corrected chi connectivity index (χ0v) is 14.8. The van der Waals surface area contributed by atoms with Crippen LogP contribution in [-0.2, 0) is 4.79 Å². The summed E-state index contributed by atoms with van der Waals surface area (Å²) in [5.74, 6) is -0.0380. The summed E-state index contributed by atoms with van der Waals surface area (Å²) in [4.78, 5) is 16.4. The first-order chi connectivity index (χ1) is 12.2. The maximum atomic E-state index is 13.0. The van der Waals surface area contributed by atoms with Gasteiger partial charge in [0.25, 0.3) is 0 Å². The van der Waals surface area contributed by atoms with Gasteiger partial charge in [-0.05, 0) is 62.9 Å². The zero-order chi connectivity index (χ0) is 17.5. The van der Waals surface area contributed by atoms with E-state index in [1.807, 2.05) is 4.90 Å². The highest BCUT2D eigenvalue weighted by Crippen LogP contribution is 2.19. The molecule has 1 aliphatic heterocycles. The third-order valence-corrected chi connectivity index (χ3v) is 5.11. The molecule has 1 aromatic carbocycles. The number of amides is 1. The predicted octanol–water partition coefficient (Wildman–Crippen LogP) is 2.95. The molecule has 3 rings (SSSR count). The van der Waals surface area contributed by atoms with Crippen LogP contribution < -0.4 is 10.2 Å². The van der Waals surface area contributed by atoms with Crippen LogP contribution in [0.2, 0.25) is 0 Å². The molecule has 5 heteroatoms. The van der Waals surface area contributed by atoms with E-state index >= 15 is 0 Å². The summed E-state index contributed by atoms with van der Waals surface area (Å²) >= 11 is 0. The smallest absolute Gasteiger partial charge is 0.236 e. The zero-order valence-electron chi connectivity index (χ0n) is 14.8. The minimum atomic E-state index is -0.215. The van der Waals surface area contributed by atoms with Gasteiger partial charge in [-0.25, -0.2) is 4.39 Å². The van der Waals surface area contributed by atoms with Gasteiger partial charge in [0, 0.05) is 31.9 Å². The number of halogens is 1. The molecule has 1 amide bonds. The molecule has 0 radical (unpaired) electrons. The molecular formula is C20H28FN3O. The number of hydrogen-bond donors (Lipinski definition) is 1. The Balaban J connectivity index is 1.35. The summed E-state index contributed by atoms with van der Waals surface area (Å²) < 4.78 is 13.0. The van der Waals surface area contributed by atoms with Crippen molar-refractivity contribution in [1.82, 2.24) is 10.2 Å². The van der Waals surface area contributed by atoms with E-state index in [4.69, 9.17) is 0 Å². The number of carbonyl (C=O) groups excluding carboxylic acids is 1. The summed E-state index contributed by atoms with van der Waals surface area (Å²) in [6.45, 7) is 4.34. The van der Waals surface area contributed by atoms with E-state index in [2.05, 4.69) is 16.3 Å². The fourth-order valence-corrected chi connectivity index (χ4v) is 3.55. The van der Waals surface area contributed by atoms with Crippen LogP contribution in [0.1, 0.15) is 32.1 Å². The normalized spacial score (nSPS) is 18.2. The Morgan fingerprint density at radius 3 is 2.52 bits per heavy atom. The van der Waals surface area contributed by atoms with Crippen LogP contribution in [-0.4, -0.2) is 50.1 Å². The number of nitrogens with one attached hydrogen (secondary N) is 1. The first-order valence-electron chi connectivity index (χ1n) is 9.39. The van der Waals surface area contributed by atoms with Gasteiger partial charge in [-0.1, -0.05) is 11.6 Å². The van der Waals surface area contributed by atoms with E-state index in [0.717, 1.165) is 44.8 Å². The Labute approximate surface area is 149 Å². The van der Waals surface area contributed by atoms with Crippen LogP contribution in [0, 0.1) is 5.82 Å². The quantitative estimate of drug-likeness (QED) is 0.636. The number of nitrogens with zero attached hydrogens (tertiary/aromatic N) is 2. The molecular weight excluding hydrogens is 317 g/mol. The van der Waals surface area contributed by atoms with E-state index in [-0.39, 0.29) is 11.7 Å². The lowest BCUT2D eigenvalue weighted by atomic mass is 9.97. The summed E-state index contributed by atoms with van der Waals surface area (Å²) in [5.41, 5.74) is 2.56. The maximum Gasteiger partial charge on any atom is 0.236 e. The Kier molecular flexibility index (Phi) is 6.45. The van der Waals surface area contributed by atoms with Crippen molar-refractivity contribution in [2.24, 2.45) is 0 Å². The average molecular weight is 345 g/mol. The van der Waals surface area contributed by atoms with E-state index in [1.165, 1.54) is 37.8 Å². The molecule has 0 atom stereocenters. The second kappa shape index (κ2) is 8.99. The van der Waals surface area contributed by atoms with E-state index < -0.39 is 0 Å². The van der Waals surface area contributed by atoms with Gasteiger partial charge in [0.05, 0.1) is 6.54 Å². The van der Waals surface area contributed by atoms with Gasteiger partial charge in [-0.15, -0.1) is 0 Å². The van der Waals surface area contributed by atoms with Crippen molar-refractivity contribution in [2.45, 2.75) is 32.1 Å². The van der Waals surface area contributed by atoms with Crippen LogP contribution in [0.15, 0.2) is 35.9 Å². The minimum absolute atomic E-state index is 0.177. The summed E-state index contributed by atoms with van der Waals surface area (Å²) in [5, 5.41) is 3.29. The second-order valence-electron chi connectivity index (χ2n) is 6.88. The van der Waals surface area contributed by atoms with Crippen molar-refractivity contribution in [3.05, 3.63) is 41.7 Å². The summed E-state index contributed by atoms with van der Waals surface area (Å²) in [7, 11) is 0. The number of rotatable bonds is 6. The van der Waals surface area contributed by atoms with Gasteiger partial charge in [0.15, 0.2) is 0 Å². The van der Waals surface area contributed by atoms with Crippen molar-refractivity contribution in [3.63, 3.8) is 0 Å². The van der Waals surface area contributed by atoms with Crippen LogP contribution >= 0.6 is 0 Å². The van der Waals surface area contributed by atoms with Crippen molar-refractivity contribution in [3.8, 4) is 0 Å². The predicted molar refractivity (Wildman–Crippen MR) is 99.2 cm³/mol. The number of allylic oxidation sites excluding steroid dienone is 1. The first kappa shape index (κ1) is 17.9. The maximum absolute atomic E-state index is 13.0. The van der Waals surface area contributed by atoms with Crippen LogP contribution in [0.4, 0.5) is 10.1 Å². The SMILES string of the molecule is O=C(CNCCC1=CCCCC1)N1CCN(c2ccc(F)cc2)CC1. The second-order valence-corrected chi connectivity index (χ2v) is 6.88. The summed E-state index contributed by atoms with van der Waals surface area (Å²) in [6.07, 6.45) is 8.49. The highest BCUT2D eigenvalue weighted by molar-refractivity contribution is 5.78. The topological polar surface area (TPSA) is 35.6 Å². The lowest BCUT2D eigenvalue weighted by Crippen LogP contribution is -2.51. The largest absolute Gasteiger partial charge is 0.368 e. The molecule has 0 spiro atoms. The van der Waals surface area contributed by atoms with Crippen molar-refractivity contribution in [2.75, 3.05) is 44.2 Å². The van der Waals surface area contributed by atoms with E-state index in [0.29, 0.717) is 6.54 Å². The molecule has 0 unspecified atom stereocenters. The number of anilines is 1. The molecule has 1 aromatic rings. The number of piperazine rings is 1. The molecule has 2 aliphatic rings. The van der Waals surface area contributed by atoms with E-state index in [9.17, 15) is 9.18 Å². The number of hydrogen-bond acceptors (Lipinski definition) is 3. The minimum Gasteiger partial charge on any atom is -0.368 e. The Morgan fingerprint density at radius 1 is 1.08 bits per heavy atom. The van der Waals surface area contributed by atoms with Crippen molar-refractivity contribution in [1.29, 1.82) is 0 Å². The molecule has 25 heavy (non-hydrogen) atoms. The number of benzene rings is 1. The third-order valence-electron chi connectivity index (χ3n) is 5.11. The molecule has 136 valence electrons. The molecule has 1 N–H and O–H groups in total. The highest BCUT2D eigenvalue weighted by atomic mass is 19.1. The fraction of sp³-hybridized carbons (Fsp3) is 0.550. The highest BCUT2D eigenvalue weighted by Gasteiger charge is 2.20. The molecule has 0 aromatic heterocycles. The molecule has 0 saturated carbocycles. The van der Waals surface area contributed by atoms with Gasteiger partial charge >= 0.3 is 0 Å². The van der Waals surface area contributed by atoms with Gasteiger partial charge in [-0.3, -0.25) is 4.79 Å². The standard InChI is InChI=1S/C20H28FN3O/c21-18-6-8-19(9-7-18)23-12-14-24(15-13-23)20(25)16-22-11-10-17-4-2-1-3-5-17/h4,6-9,22H,1-3,5,10-16H2. The third kappa shape index (κ3) is 5.30. The van der Waals surface area contributed by atoms with Gasteiger partial charge in [-0.2, -0.15) is 0 Å². The molecule has 1 saturated heterocycles. The Bertz CT molecular complexity index is 591. The van der Waals surface area contributed by atoms with Crippen LogP contribution in [0.25, 0.3) is 0 Å². The Morgan fingerprint density at radius 2 is 1.84 bits per heavy atom. The van der Waals surface area contributed by atoms with Gasteiger partial charge in [0.1, 0.15) is 5.82 Å². The Hall–Kier alpha value is -1.88. The van der Waals surface area contributed by atoms with E-state index in [1.54, 1.807) is 17.7 Å². The summed E-state index contributed by atoms with van der Waals surface area (Å²) in [6, 6.07) is 6.57. The monoisotopic (exact) mass is 345 g/mol. The molecule has 1 fully saturated rings. The van der Waals surface area contributed by atoms with Crippen molar-refractivity contribution < 1.29 is 9.18 Å². The fourth-order valence-electron chi connectivity index (χ4n) is 3.55. The van der Waals surface area contributed by atoms with Gasteiger partial charge < -0.3 is 15.1 Å². The lowest BCUT2D eigenvalue weighted by Gasteiger charge is -2.36. The van der Waals surface area contributed by atoms with Crippen LogP contribution in [0.3, 0.4) is 0 Å². The molecule has 1 aliphatic carbocycles. The van der Waals surface area contributed by atoms with Crippen molar-refractivity contribution >= 4 is 11.6 Å². The van der Waals surface area contributed by atoms with Gasteiger partial charge in [0.2, 0.25) is 5.91 Å². The number of carbonyl (C=O) groups is 1. The average Bonchev–Trinajstić information content (AvgIpc) is 2.67. The first-order valence-corrected chi connectivity index (χ1v) is 9.39.